The van der Waals surface area contributed by atoms with Crippen molar-refractivity contribution in [1.29, 1.82) is 0 Å². The van der Waals surface area contributed by atoms with Gasteiger partial charge in [-0.25, -0.2) is 0 Å². The molecule has 0 N–H and O–H groups in total. The Labute approximate surface area is 172 Å². The van der Waals surface area contributed by atoms with Crippen molar-refractivity contribution in [3.8, 4) is 0 Å². The monoisotopic (exact) mass is 378 g/mol. The van der Waals surface area contributed by atoms with Crippen molar-refractivity contribution in [1.82, 2.24) is 0 Å². The highest BCUT2D eigenvalue weighted by Crippen LogP contribution is 2.37. The summed E-state index contributed by atoms with van der Waals surface area (Å²) in [5, 5.41) is 0. The van der Waals surface area contributed by atoms with Gasteiger partial charge in [0.2, 0.25) is 0 Å². The van der Waals surface area contributed by atoms with Crippen LogP contribution in [0.1, 0.15) is 80.0 Å². The van der Waals surface area contributed by atoms with Crippen molar-refractivity contribution < 1.29 is 4.74 Å². The van der Waals surface area contributed by atoms with E-state index in [9.17, 15) is 0 Å². The van der Waals surface area contributed by atoms with Gasteiger partial charge in [-0.1, -0.05) is 74.7 Å². The maximum absolute atomic E-state index is 5.16. The normalized spacial score (nSPS) is 19.6. The third-order valence-electron chi connectivity index (χ3n) is 6.58. The molecule has 1 nitrogen and oxygen atoms in total. The van der Waals surface area contributed by atoms with E-state index in [1.165, 1.54) is 61.6 Å². The summed E-state index contributed by atoms with van der Waals surface area (Å²) in [6.45, 7) is 3.11. The lowest BCUT2D eigenvalue weighted by Gasteiger charge is -2.29. The average Bonchev–Trinajstić information content (AvgIpc) is 2.76. The molecule has 1 fully saturated rings. The van der Waals surface area contributed by atoms with Crippen LogP contribution in [0.2, 0.25) is 0 Å². The smallest absolute Gasteiger partial charge is 0.0502 e. The highest BCUT2D eigenvalue weighted by Gasteiger charge is 2.21. The summed E-state index contributed by atoms with van der Waals surface area (Å²) in [5.41, 5.74) is 5.82. The minimum absolute atomic E-state index is 0.798. The number of aryl methyl sites for hydroxylation is 2. The zero-order chi connectivity index (χ0) is 19.6. The van der Waals surface area contributed by atoms with E-state index in [0.29, 0.717) is 0 Å². The summed E-state index contributed by atoms with van der Waals surface area (Å²) in [6.07, 6.45) is 13.1. The zero-order valence-electron chi connectivity index (χ0n) is 18.0. The van der Waals surface area contributed by atoms with Gasteiger partial charge < -0.3 is 4.74 Å². The molecule has 0 amide bonds. The van der Waals surface area contributed by atoms with Crippen molar-refractivity contribution in [3.05, 3.63) is 70.8 Å². The molecule has 0 aromatic heterocycles. The van der Waals surface area contributed by atoms with Crippen molar-refractivity contribution in [2.75, 3.05) is 13.7 Å². The van der Waals surface area contributed by atoms with Crippen molar-refractivity contribution in [2.45, 2.75) is 77.0 Å². The van der Waals surface area contributed by atoms with Crippen molar-refractivity contribution in [3.63, 3.8) is 0 Å². The van der Waals surface area contributed by atoms with Gasteiger partial charge in [-0.2, -0.15) is 0 Å². The Morgan fingerprint density at radius 1 is 0.750 bits per heavy atom. The van der Waals surface area contributed by atoms with Crippen LogP contribution in [0.5, 0.6) is 0 Å². The van der Waals surface area contributed by atoms with Gasteiger partial charge in [0.15, 0.2) is 0 Å². The third kappa shape index (κ3) is 6.48. The van der Waals surface area contributed by atoms with Gasteiger partial charge in [0.05, 0.1) is 6.61 Å². The Bertz CT molecular complexity index is 662. The van der Waals surface area contributed by atoms with Crippen LogP contribution in [0, 0.1) is 5.92 Å². The van der Waals surface area contributed by atoms with Crippen LogP contribution < -0.4 is 0 Å². The first-order chi connectivity index (χ1) is 13.8. The number of methoxy groups -OCH3 is 1. The van der Waals surface area contributed by atoms with Crippen LogP contribution in [-0.4, -0.2) is 13.7 Å². The molecular weight excluding hydrogens is 340 g/mol. The first-order valence-corrected chi connectivity index (χ1v) is 11.4. The highest BCUT2D eigenvalue weighted by atomic mass is 16.5. The molecule has 1 aliphatic rings. The first kappa shape index (κ1) is 21.1. The average molecular weight is 379 g/mol. The lowest BCUT2D eigenvalue weighted by atomic mass is 9.77. The number of ether oxygens (including phenoxy) is 1. The molecule has 152 valence electrons. The molecule has 0 bridgehead atoms. The number of hydrogen-bond acceptors (Lipinski definition) is 1. The van der Waals surface area contributed by atoms with E-state index in [2.05, 4.69) is 55.5 Å². The molecule has 0 radical (unpaired) electrons. The van der Waals surface area contributed by atoms with Gasteiger partial charge in [0.25, 0.3) is 0 Å². The van der Waals surface area contributed by atoms with E-state index >= 15 is 0 Å². The Balaban J connectivity index is 1.44. The summed E-state index contributed by atoms with van der Waals surface area (Å²) in [5.74, 6) is 1.79. The topological polar surface area (TPSA) is 9.23 Å². The molecule has 0 unspecified atom stereocenters. The Morgan fingerprint density at radius 2 is 1.29 bits per heavy atom. The van der Waals surface area contributed by atoms with E-state index in [0.717, 1.165) is 37.7 Å². The second-order valence-corrected chi connectivity index (χ2v) is 8.66. The standard InChI is InChI=1S/C27H38O/c1-3-4-5-22-12-16-26(17-13-22)27-18-14-24(15-19-27)7-6-23-8-10-25(11-9-23)20-21-28-2/h8-11,14-15,18-19,22,26H,3-7,12-13,16-17,20-21H2,1-2H3. The van der Waals surface area contributed by atoms with Crippen LogP contribution in [0.25, 0.3) is 0 Å². The fraction of sp³-hybridized carbons (Fsp3) is 0.556. The summed E-state index contributed by atoms with van der Waals surface area (Å²) < 4.78 is 5.16. The van der Waals surface area contributed by atoms with Gasteiger partial charge in [0, 0.05) is 7.11 Å². The molecule has 0 heterocycles. The van der Waals surface area contributed by atoms with E-state index in [-0.39, 0.29) is 0 Å². The Kier molecular flexibility index (Phi) is 8.61. The largest absolute Gasteiger partial charge is 0.384 e. The highest BCUT2D eigenvalue weighted by molar-refractivity contribution is 5.28. The van der Waals surface area contributed by atoms with E-state index < -0.39 is 0 Å². The van der Waals surface area contributed by atoms with Gasteiger partial charge in [-0.05, 0) is 79.0 Å². The predicted octanol–water partition coefficient (Wildman–Crippen LogP) is 7.12. The second-order valence-electron chi connectivity index (χ2n) is 8.66. The Morgan fingerprint density at radius 3 is 1.82 bits per heavy atom. The SMILES string of the molecule is CCCCC1CCC(c2ccc(CCc3ccc(CCOC)cc3)cc2)CC1. The van der Waals surface area contributed by atoms with E-state index in [4.69, 9.17) is 4.74 Å². The van der Waals surface area contributed by atoms with Crippen LogP contribution in [0.15, 0.2) is 48.5 Å². The Hall–Kier alpha value is -1.60. The minimum atomic E-state index is 0.798. The fourth-order valence-corrected chi connectivity index (χ4v) is 4.61. The number of hydrogen-bond donors (Lipinski definition) is 0. The summed E-state index contributed by atoms with van der Waals surface area (Å²) >= 11 is 0. The third-order valence-corrected chi connectivity index (χ3v) is 6.58. The molecule has 1 saturated carbocycles. The molecule has 1 aliphatic carbocycles. The number of rotatable bonds is 10. The maximum Gasteiger partial charge on any atom is 0.0502 e. The molecule has 3 rings (SSSR count). The number of unbranched alkanes of at least 4 members (excludes halogenated alkanes) is 1. The van der Waals surface area contributed by atoms with Crippen LogP contribution in [0.4, 0.5) is 0 Å². The van der Waals surface area contributed by atoms with Crippen LogP contribution >= 0.6 is 0 Å². The van der Waals surface area contributed by atoms with Crippen LogP contribution in [-0.2, 0) is 24.0 Å². The maximum atomic E-state index is 5.16. The van der Waals surface area contributed by atoms with Crippen LogP contribution in [0.3, 0.4) is 0 Å². The second kappa shape index (κ2) is 11.4. The summed E-state index contributed by atoms with van der Waals surface area (Å²) in [4.78, 5) is 0. The molecule has 0 atom stereocenters. The predicted molar refractivity (Wildman–Crippen MR) is 120 cm³/mol. The lowest BCUT2D eigenvalue weighted by Crippen LogP contribution is -2.13. The molecule has 0 saturated heterocycles. The molecule has 2 aromatic rings. The first-order valence-electron chi connectivity index (χ1n) is 11.4. The van der Waals surface area contributed by atoms with Crippen molar-refractivity contribution in [2.24, 2.45) is 5.92 Å². The molecule has 0 aliphatic heterocycles. The minimum Gasteiger partial charge on any atom is -0.384 e. The summed E-state index contributed by atoms with van der Waals surface area (Å²) in [7, 11) is 1.76. The molecule has 28 heavy (non-hydrogen) atoms. The molecular formula is C27H38O. The van der Waals surface area contributed by atoms with Gasteiger partial charge in [-0.15, -0.1) is 0 Å². The molecule has 2 aromatic carbocycles. The fourth-order valence-electron chi connectivity index (χ4n) is 4.61. The lowest BCUT2D eigenvalue weighted by molar-refractivity contribution is 0.202. The summed E-state index contributed by atoms with van der Waals surface area (Å²) in [6, 6.07) is 18.6. The quantitative estimate of drug-likeness (QED) is 0.427. The van der Waals surface area contributed by atoms with Gasteiger partial charge in [0.1, 0.15) is 0 Å². The zero-order valence-corrected chi connectivity index (χ0v) is 18.0. The van der Waals surface area contributed by atoms with Crippen molar-refractivity contribution >= 4 is 0 Å². The van der Waals surface area contributed by atoms with Gasteiger partial charge in [-0.3, -0.25) is 0 Å². The van der Waals surface area contributed by atoms with Gasteiger partial charge >= 0.3 is 0 Å². The van der Waals surface area contributed by atoms with E-state index in [1.54, 1.807) is 12.7 Å². The number of benzene rings is 2. The molecule has 1 heteroatoms. The molecule has 0 spiro atoms. The van der Waals surface area contributed by atoms with E-state index in [1.807, 2.05) is 0 Å².